The minimum atomic E-state index is -0.335. The number of nitriles is 1. The Bertz CT molecular complexity index is 297. The average Bonchev–Trinajstić information content (AvgIpc) is 2.04. The molecule has 0 saturated heterocycles. The Morgan fingerprint density at radius 1 is 1.50 bits per heavy atom. The number of hydrogen-bond acceptors (Lipinski definition) is 1. The third-order valence-corrected chi connectivity index (χ3v) is 1.90. The minimum absolute atomic E-state index is 0.292. The molecular weight excluding hydrogens is 177 g/mol. The molecule has 1 rings (SSSR count). The summed E-state index contributed by atoms with van der Waals surface area (Å²) in [7, 11) is 0. The van der Waals surface area contributed by atoms with Gasteiger partial charge in [0.05, 0.1) is 6.07 Å². The van der Waals surface area contributed by atoms with Crippen LogP contribution in [0, 0.1) is 17.1 Å². The van der Waals surface area contributed by atoms with Crippen molar-refractivity contribution in [3.05, 3.63) is 34.6 Å². The lowest BCUT2D eigenvalue weighted by atomic mass is 10.1. The minimum Gasteiger partial charge on any atom is -0.207 e. The molecule has 1 nitrogen and oxygen atoms in total. The van der Waals surface area contributed by atoms with Gasteiger partial charge in [-0.05, 0) is 18.6 Å². The second-order valence-electron chi connectivity index (χ2n) is 2.36. The van der Waals surface area contributed by atoms with E-state index < -0.39 is 0 Å². The van der Waals surface area contributed by atoms with Crippen LogP contribution < -0.4 is 0 Å². The van der Waals surface area contributed by atoms with Crippen LogP contribution in [0.5, 0.6) is 0 Å². The maximum Gasteiger partial charge on any atom is 0.127 e. The van der Waals surface area contributed by atoms with Crippen molar-refractivity contribution in [2.24, 2.45) is 0 Å². The van der Waals surface area contributed by atoms with Gasteiger partial charge in [0.25, 0.3) is 0 Å². The van der Waals surface area contributed by atoms with Crippen molar-refractivity contribution in [1.29, 1.82) is 5.26 Å². The van der Waals surface area contributed by atoms with E-state index >= 15 is 0 Å². The van der Waals surface area contributed by atoms with Gasteiger partial charge in [0, 0.05) is 17.0 Å². The molecule has 0 fully saturated rings. The summed E-state index contributed by atoms with van der Waals surface area (Å²) < 4.78 is 13.0. The third kappa shape index (κ3) is 1.96. The normalized spacial score (nSPS) is 9.42. The van der Waals surface area contributed by atoms with Gasteiger partial charge in [-0.1, -0.05) is 17.7 Å². The summed E-state index contributed by atoms with van der Waals surface area (Å²) in [5, 5.41) is 8.69. The Balaban J connectivity index is 2.90. The molecule has 0 aromatic heterocycles. The molecule has 62 valence electrons. The summed E-state index contributed by atoms with van der Waals surface area (Å²) in [6, 6.07) is 6.46. The van der Waals surface area contributed by atoms with Crippen molar-refractivity contribution < 1.29 is 4.39 Å². The zero-order valence-electron chi connectivity index (χ0n) is 6.35. The van der Waals surface area contributed by atoms with Gasteiger partial charge in [-0.15, -0.1) is 0 Å². The maximum atomic E-state index is 13.0. The second kappa shape index (κ2) is 4.08. The molecule has 0 amide bonds. The van der Waals surface area contributed by atoms with Gasteiger partial charge < -0.3 is 0 Å². The summed E-state index contributed by atoms with van der Waals surface area (Å²) in [5.74, 6) is -0.335. The molecule has 0 atom stereocenters. The molecule has 0 heterocycles. The lowest BCUT2D eigenvalue weighted by molar-refractivity contribution is 0.610. The van der Waals surface area contributed by atoms with Crippen LogP contribution in [0.25, 0.3) is 0 Å². The van der Waals surface area contributed by atoms with E-state index in [-0.39, 0.29) is 5.82 Å². The van der Waals surface area contributed by atoms with E-state index in [1.54, 1.807) is 12.1 Å². The fourth-order valence-corrected chi connectivity index (χ4v) is 1.21. The number of rotatable bonds is 2. The zero-order chi connectivity index (χ0) is 8.97. The molecule has 1 aromatic rings. The standard InChI is InChI=1S/C9H7ClFN/c10-8-4-1-5-9(11)7(8)3-2-6-12/h1,4-5H,2-3H2. The Hall–Kier alpha value is -1.07. The molecule has 0 N–H and O–H groups in total. The molecule has 0 aliphatic heterocycles. The van der Waals surface area contributed by atoms with E-state index in [0.29, 0.717) is 23.4 Å². The molecule has 0 aliphatic rings. The molecule has 0 saturated carbocycles. The van der Waals surface area contributed by atoms with Crippen molar-refractivity contribution in [3.8, 4) is 6.07 Å². The van der Waals surface area contributed by atoms with Crippen LogP contribution in [0.3, 0.4) is 0 Å². The average molecular weight is 184 g/mol. The lowest BCUT2D eigenvalue weighted by Crippen LogP contribution is -1.90. The van der Waals surface area contributed by atoms with Crippen molar-refractivity contribution in [2.75, 3.05) is 0 Å². The highest BCUT2D eigenvalue weighted by molar-refractivity contribution is 6.31. The molecule has 1 aromatic carbocycles. The number of nitrogens with zero attached hydrogens (tertiary/aromatic N) is 1. The van der Waals surface area contributed by atoms with E-state index in [0.717, 1.165) is 0 Å². The SMILES string of the molecule is N#CCCc1c(F)cccc1Cl. The first kappa shape index (κ1) is 9.02. The summed E-state index contributed by atoms with van der Waals surface area (Å²) >= 11 is 5.72. The van der Waals surface area contributed by atoms with Gasteiger partial charge in [-0.25, -0.2) is 4.39 Å². The summed E-state index contributed by atoms with van der Waals surface area (Å²) in [6.07, 6.45) is 0.669. The molecule has 0 aliphatic carbocycles. The Morgan fingerprint density at radius 2 is 2.25 bits per heavy atom. The van der Waals surface area contributed by atoms with Crippen molar-refractivity contribution in [1.82, 2.24) is 0 Å². The summed E-state index contributed by atoms with van der Waals surface area (Å²) in [6.45, 7) is 0. The Morgan fingerprint density at radius 3 is 2.83 bits per heavy atom. The van der Waals surface area contributed by atoms with Crippen LogP contribution in [0.4, 0.5) is 4.39 Å². The van der Waals surface area contributed by atoms with Crippen LogP contribution in [-0.4, -0.2) is 0 Å². The van der Waals surface area contributed by atoms with Crippen LogP contribution >= 0.6 is 11.6 Å². The summed E-state index contributed by atoms with van der Waals surface area (Å²) in [5.41, 5.74) is 0.431. The van der Waals surface area contributed by atoms with Crippen LogP contribution in [0.2, 0.25) is 5.02 Å². The highest BCUT2D eigenvalue weighted by Gasteiger charge is 2.05. The fourth-order valence-electron chi connectivity index (χ4n) is 0.952. The van der Waals surface area contributed by atoms with E-state index in [4.69, 9.17) is 16.9 Å². The van der Waals surface area contributed by atoms with Gasteiger partial charge in [0.2, 0.25) is 0 Å². The Kier molecular flexibility index (Phi) is 3.07. The first-order chi connectivity index (χ1) is 5.75. The fraction of sp³-hybridized carbons (Fsp3) is 0.222. The van der Waals surface area contributed by atoms with Crippen molar-refractivity contribution >= 4 is 11.6 Å². The van der Waals surface area contributed by atoms with Crippen molar-refractivity contribution in [3.63, 3.8) is 0 Å². The van der Waals surface area contributed by atoms with E-state index in [1.807, 2.05) is 6.07 Å². The van der Waals surface area contributed by atoms with Crippen molar-refractivity contribution in [2.45, 2.75) is 12.8 Å². The topological polar surface area (TPSA) is 23.8 Å². The summed E-state index contributed by atoms with van der Waals surface area (Å²) in [4.78, 5) is 0. The predicted octanol–water partition coefficient (Wildman–Crippen LogP) is 2.94. The van der Waals surface area contributed by atoms with Gasteiger partial charge in [-0.3, -0.25) is 0 Å². The predicted molar refractivity (Wildman–Crippen MR) is 45.3 cm³/mol. The van der Waals surface area contributed by atoms with Gasteiger partial charge in [-0.2, -0.15) is 5.26 Å². The first-order valence-corrected chi connectivity index (χ1v) is 3.93. The molecule has 0 spiro atoms. The van der Waals surface area contributed by atoms with Crippen LogP contribution in [0.15, 0.2) is 18.2 Å². The van der Waals surface area contributed by atoms with E-state index in [1.165, 1.54) is 6.07 Å². The number of hydrogen-bond donors (Lipinski definition) is 0. The molecule has 3 heteroatoms. The van der Waals surface area contributed by atoms with E-state index in [9.17, 15) is 4.39 Å². The third-order valence-electron chi connectivity index (χ3n) is 1.55. The largest absolute Gasteiger partial charge is 0.207 e. The highest BCUT2D eigenvalue weighted by Crippen LogP contribution is 2.19. The molecule has 0 unspecified atom stereocenters. The molecule has 12 heavy (non-hydrogen) atoms. The smallest absolute Gasteiger partial charge is 0.127 e. The Labute approximate surface area is 75.4 Å². The van der Waals surface area contributed by atoms with E-state index in [2.05, 4.69) is 0 Å². The number of benzene rings is 1. The van der Waals surface area contributed by atoms with Gasteiger partial charge >= 0.3 is 0 Å². The maximum absolute atomic E-state index is 13.0. The molecular formula is C9H7ClFN. The van der Waals surface area contributed by atoms with Crippen LogP contribution in [0.1, 0.15) is 12.0 Å². The van der Waals surface area contributed by atoms with Gasteiger partial charge in [0.1, 0.15) is 5.82 Å². The quantitative estimate of drug-likeness (QED) is 0.692. The number of halogens is 2. The van der Waals surface area contributed by atoms with Gasteiger partial charge in [0.15, 0.2) is 0 Å². The lowest BCUT2D eigenvalue weighted by Gasteiger charge is -2.01. The monoisotopic (exact) mass is 183 g/mol. The van der Waals surface area contributed by atoms with Crippen LogP contribution in [-0.2, 0) is 6.42 Å². The molecule has 0 radical (unpaired) electrons. The zero-order valence-corrected chi connectivity index (χ0v) is 7.11. The molecule has 0 bridgehead atoms. The first-order valence-electron chi connectivity index (χ1n) is 3.55. The second-order valence-corrected chi connectivity index (χ2v) is 2.77. The highest BCUT2D eigenvalue weighted by atomic mass is 35.5.